The first kappa shape index (κ1) is 52.3. The maximum Gasteiger partial charge on any atom is 0.395 e. The smallest absolute Gasteiger partial charge is 0.369 e. The van der Waals surface area contributed by atoms with Crippen LogP contribution in [0.5, 0.6) is 0 Å². The topological polar surface area (TPSA) is 170 Å². The molecule has 4 saturated heterocycles. The van der Waals surface area contributed by atoms with Crippen LogP contribution < -0.4 is 39.7 Å². The van der Waals surface area contributed by atoms with Crippen molar-refractivity contribution in [3.05, 3.63) is 174 Å². The molecule has 410 valence electrons. The van der Waals surface area contributed by atoms with Gasteiger partial charge < -0.3 is 35.1 Å². The zero-order valence-corrected chi connectivity index (χ0v) is 46.0. The summed E-state index contributed by atoms with van der Waals surface area (Å²) < 4.78 is 2.37. The molecule has 0 bridgehead atoms. The third-order valence-corrected chi connectivity index (χ3v) is 15.7. The molecule has 80 heavy (non-hydrogen) atoms. The van der Waals surface area contributed by atoms with Crippen LogP contribution in [0.4, 0.5) is 52.8 Å². The van der Waals surface area contributed by atoms with Gasteiger partial charge in [-0.15, -0.1) is 0 Å². The molecule has 4 aliphatic heterocycles. The predicted molar refractivity (Wildman–Crippen MR) is 314 cm³/mol. The number of anilines is 9. The molecule has 4 aromatic carbocycles. The number of piperazine rings is 4. The van der Waals surface area contributed by atoms with Crippen LogP contribution in [0.3, 0.4) is 0 Å². The SMILES string of the molecule is Cc1cc(N2CCN(C[n+]3cc(Cc4ccccc4)cnc3N3CCN(c4ncnc(Nc5cccc(CN6CCN(C)CC6)c5)n4)CC3)CC2)ccc1Nc1ncnc(N2CCN(c3ncc(Cc4ccccc4)cn3)CC2)n1. The number of aromatic nitrogens is 10. The normalized spacial score (nSPS) is 16.8. The number of nitrogens with zero attached hydrogens (tertiary/aromatic N) is 18. The second-order valence-corrected chi connectivity index (χ2v) is 21.4. The zero-order valence-electron chi connectivity index (χ0n) is 46.0. The van der Waals surface area contributed by atoms with Gasteiger partial charge in [-0.1, -0.05) is 77.8 Å². The highest BCUT2D eigenvalue weighted by Gasteiger charge is 2.30. The van der Waals surface area contributed by atoms with E-state index < -0.39 is 0 Å². The van der Waals surface area contributed by atoms with Crippen LogP contribution in [0.1, 0.15) is 33.4 Å². The number of rotatable bonds is 17. The van der Waals surface area contributed by atoms with E-state index in [1.807, 2.05) is 18.5 Å². The maximum atomic E-state index is 5.18. The molecule has 0 amide bonds. The molecule has 0 spiro atoms. The zero-order chi connectivity index (χ0) is 54.0. The van der Waals surface area contributed by atoms with Crippen molar-refractivity contribution < 1.29 is 4.57 Å². The molecule has 8 aromatic rings. The largest absolute Gasteiger partial charge is 0.395 e. The highest BCUT2D eigenvalue weighted by molar-refractivity contribution is 5.65. The quantitative estimate of drug-likeness (QED) is 0.107. The van der Waals surface area contributed by atoms with Gasteiger partial charge in [-0.05, 0) is 72.1 Å². The van der Waals surface area contributed by atoms with Crippen molar-refractivity contribution in [2.45, 2.75) is 33.0 Å². The molecule has 20 heteroatoms. The minimum absolute atomic E-state index is 0.527. The van der Waals surface area contributed by atoms with Crippen LogP contribution in [0.2, 0.25) is 0 Å². The van der Waals surface area contributed by atoms with E-state index >= 15 is 0 Å². The number of benzene rings is 4. The molecule has 12 rings (SSSR count). The van der Waals surface area contributed by atoms with Gasteiger partial charge in [-0.3, -0.25) is 14.7 Å². The summed E-state index contributed by atoms with van der Waals surface area (Å²) in [5.41, 5.74) is 10.4. The van der Waals surface area contributed by atoms with E-state index in [9.17, 15) is 0 Å². The summed E-state index contributed by atoms with van der Waals surface area (Å²) in [5.74, 6) is 4.15. The molecule has 0 radical (unpaired) electrons. The summed E-state index contributed by atoms with van der Waals surface area (Å²) in [4.78, 5) is 61.5. The van der Waals surface area contributed by atoms with Gasteiger partial charge in [0.05, 0.1) is 32.4 Å². The Bertz CT molecular complexity index is 3280. The fourth-order valence-corrected chi connectivity index (χ4v) is 11.1. The summed E-state index contributed by atoms with van der Waals surface area (Å²) in [6.45, 7) is 18.1. The van der Waals surface area contributed by atoms with Crippen molar-refractivity contribution in [3.63, 3.8) is 0 Å². The Balaban J connectivity index is 0.642. The fraction of sp³-hybridized carbons (Fsp3) is 0.367. The first-order valence-electron chi connectivity index (χ1n) is 28.1. The fourth-order valence-electron chi connectivity index (χ4n) is 11.1. The summed E-state index contributed by atoms with van der Waals surface area (Å²) in [7, 11) is 2.19. The molecule has 8 heterocycles. The highest BCUT2D eigenvalue weighted by atomic mass is 15.4. The Morgan fingerprint density at radius 1 is 0.450 bits per heavy atom. The first-order valence-corrected chi connectivity index (χ1v) is 28.1. The molecule has 0 unspecified atom stereocenters. The van der Waals surface area contributed by atoms with E-state index in [2.05, 4.69) is 198 Å². The number of likely N-dealkylation sites (N-methyl/N-ethyl adjacent to an activating group) is 1. The van der Waals surface area contributed by atoms with E-state index in [1.54, 1.807) is 12.7 Å². The second kappa shape index (κ2) is 24.7. The summed E-state index contributed by atoms with van der Waals surface area (Å²) in [5, 5.41) is 6.94. The third-order valence-electron chi connectivity index (χ3n) is 15.7. The first-order chi connectivity index (χ1) is 39.3. The molecule has 0 aliphatic carbocycles. The molecule has 0 saturated carbocycles. The molecular weight excluding hydrogens is 1000 g/mol. The Labute approximate surface area is 468 Å². The van der Waals surface area contributed by atoms with Crippen LogP contribution >= 0.6 is 0 Å². The number of hydrogen-bond acceptors (Lipinski definition) is 19. The van der Waals surface area contributed by atoms with Gasteiger partial charge in [0.15, 0.2) is 0 Å². The standard InChI is InChI=1S/C60H71N20/c1-46-34-53(16-17-54(46)69-56-65-44-67-59(71-56)77-28-26-76(27-29-77)57-61-38-50(39-62-57)35-47-10-5-3-6-11-47)75-24-22-74(23-25-75)45-80-42-51(36-48-12-7-4-8-13-48)40-63-60(80)79-32-30-78(31-33-79)58-66-43-64-55(70-58)68-52-15-9-14-49(37-52)41-73-20-18-72(2)19-21-73/h3-17,34,37-40,42-44H,18-33,35-36,41,45H2,1-2H3,(H,64,66,68,70)(H,65,67,69,71)/q+1. The van der Waals surface area contributed by atoms with E-state index in [0.29, 0.717) is 23.8 Å². The van der Waals surface area contributed by atoms with Crippen molar-refractivity contribution >= 4 is 52.8 Å². The number of hydrogen-bond donors (Lipinski definition) is 2. The average Bonchev–Trinajstić information content (AvgIpc) is 3.51. The number of aryl methyl sites for hydroxylation is 1. The van der Waals surface area contributed by atoms with Gasteiger partial charge in [0.25, 0.3) is 0 Å². The average molecular weight is 1070 g/mol. The van der Waals surface area contributed by atoms with Gasteiger partial charge >= 0.3 is 5.95 Å². The minimum Gasteiger partial charge on any atom is -0.369 e. The van der Waals surface area contributed by atoms with Crippen molar-refractivity contribution in [2.24, 2.45) is 0 Å². The van der Waals surface area contributed by atoms with Gasteiger partial charge in [0, 0.05) is 133 Å². The Morgan fingerprint density at radius 3 is 1.64 bits per heavy atom. The molecule has 4 aliphatic rings. The lowest BCUT2D eigenvalue weighted by Gasteiger charge is -2.36. The molecule has 2 N–H and O–H groups in total. The van der Waals surface area contributed by atoms with Gasteiger partial charge in [-0.25, -0.2) is 34.5 Å². The second-order valence-electron chi connectivity index (χ2n) is 21.4. The Morgan fingerprint density at radius 2 is 1.00 bits per heavy atom. The Hall–Kier alpha value is -8.46. The minimum atomic E-state index is 0.527. The third kappa shape index (κ3) is 13.2. The lowest BCUT2D eigenvalue weighted by molar-refractivity contribution is -0.706. The van der Waals surface area contributed by atoms with Crippen LogP contribution in [0.15, 0.2) is 141 Å². The molecular formula is C60H71N20+. The molecule has 0 atom stereocenters. The van der Waals surface area contributed by atoms with E-state index in [1.165, 1.54) is 27.9 Å². The molecule has 20 nitrogen and oxygen atoms in total. The van der Waals surface area contributed by atoms with Gasteiger partial charge in [0.1, 0.15) is 25.5 Å². The number of nitrogens with one attached hydrogen (secondary N) is 2. The van der Waals surface area contributed by atoms with E-state index in [-0.39, 0.29) is 0 Å². The van der Waals surface area contributed by atoms with E-state index in [0.717, 1.165) is 165 Å². The highest BCUT2D eigenvalue weighted by Crippen LogP contribution is 2.27. The monoisotopic (exact) mass is 1070 g/mol. The van der Waals surface area contributed by atoms with Crippen molar-refractivity contribution in [2.75, 3.05) is 147 Å². The Kier molecular flexibility index (Phi) is 16.1. The maximum absolute atomic E-state index is 5.18. The van der Waals surface area contributed by atoms with Crippen LogP contribution in [0.25, 0.3) is 0 Å². The molecule has 4 aromatic heterocycles. The van der Waals surface area contributed by atoms with Crippen molar-refractivity contribution in [1.82, 2.24) is 59.6 Å². The van der Waals surface area contributed by atoms with Crippen molar-refractivity contribution in [3.8, 4) is 0 Å². The summed E-state index contributed by atoms with van der Waals surface area (Å²) >= 11 is 0. The summed E-state index contributed by atoms with van der Waals surface area (Å²) in [6.07, 6.45) is 13.1. The van der Waals surface area contributed by atoms with Gasteiger partial charge in [-0.2, -0.15) is 9.97 Å². The summed E-state index contributed by atoms with van der Waals surface area (Å²) in [6, 6.07) is 36.3. The van der Waals surface area contributed by atoms with Crippen LogP contribution in [-0.2, 0) is 26.1 Å². The lowest BCUT2D eigenvalue weighted by atomic mass is 10.1. The van der Waals surface area contributed by atoms with Crippen molar-refractivity contribution in [1.29, 1.82) is 0 Å². The van der Waals surface area contributed by atoms with Gasteiger partial charge in [0.2, 0.25) is 29.7 Å². The lowest BCUT2D eigenvalue weighted by Crippen LogP contribution is -2.57. The molecule has 4 fully saturated rings. The van der Waals surface area contributed by atoms with Crippen LogP contribution in [-0.4, -0.2) is 171 Å². The van der Waals surface area contributed by atoms with Crippen LogP contribution in [0, 0.1) is 6.92 Å². The predicted octanol–water partition coefficient (Wildman–Crippen LogP) is 5.69. The van der Waals surface area contributed by atoms with E-state index in [4.69, 9.17) is 24.9 Å².